The third-order valence-electron chi connectivity index (χ3n) is 4.10. The lowest BCUT2D eigenvalue weighted by Crippen LogP contribution is -2.32. The van der Waals surface area contributed by atoms with E-state index < -0.39 is 0 Å². The second kappa shape index (κ2) is 8.25. The number of aromatic nitrogens is 2. The van der Waals surface area contributed by atoms with Crippen molar-refractivity contribution in [3.8, 4) is 0 Å². The quantitative estimate of drug-likeness (QED) is 0.681. The fourth-order valence-electron chi connectivity index (χ4n) is 2.77. The molecule has 5 heteroatoms. The molecule has 1 aromatic heterocycles. The number of amides is 1. The van der Waals surface area contributed by atoms with E-state index in [0.717, 1.165) is 11.3 Å². The lowest BCUT2D eigenvalue weighted by Gasteiger charge is -2.22. The maximum atomic E-state index is 12.9. The molecule has 0 saturated heterocycles. The van der Waals surface area contributed by atoms with Gasteiger partial charge in [-0.2, -0.15) is 0 Å². The number of hydrogen-bond donors (Lipinski definition) is 0. The molecule has 0 bridgehead atoms. The Bertz CT molecular complexity index is 852. The summed E-state index contributed by atoms with van der Waals surface area (Å²) in [5.74, 6) is 0.402. The monoisotopic (exact) mass is 346 g/mol. The summed E-state index contributed by atoms with van der Waals surface area (Å²) < 4.78 is 0. The van der Waals surface area contributed by atoms with Crippen molar-refractivity contribution in [3.05, 3.63) is 84.2 Å². The third-order valence-corrected chi connectivity index (χ3v) is 4.10. The first-order chi connectivity index (χ1) is 12.7. The first-order valence-electron chi connectivity index (χ1n) is 8.64. The molecule has 0 atom stereocenters. The highest BCUT2D eigenvalue weighted by Crippen LogP contribution is 2.17. The molecule has 3 rings (SSSR count). The Kier molecular flexibility index (Phi) is 5.59. The molecule has 5 nitrogen and oxygen atoms in total. The van der Waals surface area contributed by atoms with E-state index in [0.29, 0.717) is 24.7 Å². The molecule has 3 aromatic rings. The molecule has 1 heterocycles. The van der Waals surface area contributed by atoms with E-state index in [4.69, 9.17) is 0 Å². The Hall–Kier alpha value is -3.21. The Balaban J connectivity index is 1.81. The first kappa shape index (κ1) is 17.6. The van der Waals surface area contributed by atoms with Gasteiger partial charge in [0, 0.05) is 32.0 Å². The molecule has 1 amide bonds. The van der Waals surface area contributed by atoms with Crippen LogP contribution in [0.2, 0.25) is 0 Å². The number of para-hydroxylation sites is 1. The lowest BCUT2D eigenvalue weighted by atomic mass is 10.2. The van der Waals surface area contributed by atoms with Crippen LogP contribution < -0.4 is 9.80 Å². The van der Waals surface area contributed by atoms with Gasteiger partial charge in [0.2, 0.25) is 5.95 Å². The van der Waals surface area contributed by atoms with E-state index in [1.54, 1.807) is 17.2 Å². The molecule has 0 aliphatic carbocycles. The number of carbonyl (C=O) groups is 1. The summed E-state index contributed by atoms with van der Waals surface area (Å²) in [6.07, 6.45) is 1.63. The number of benzene rings is 2. The average Bonchev–Trinajstić information content (AvgIpc) is 2.70. The average molecular weight is 346 g/mol. The minimum atomic E-state index is -0.129. The van der Waals surface area contributed by atoms with Crippen LogP contribution in [0.5, 0.6) is 0 Å². The number of anilines is 2. The van der Waals surface area contributed by atoms with E-state index >= 15 is 0 Å². The Morgan fingerprint density at radius 1 is 0.962 bits per heavy atom. The largest absolute Gasteiger partial charge is 0.340 e. The number of nitrogens with zero attached hydrogens (tertiary/aromatic N) is 4. The van der Waals surface area contributed by atoms with E-state index in [1.165, 1.54) is 0 Å². The van der Waals surface area contributed by atoms with Crippen molar-refractivity contribution in [1.82, 2.24) is 9.97 Å². The van der Waals surface area contributed by atoms with Crippen LogP contribution in [-0.4, -0.2) is 29.5 Å². The minimum absolute atomic E-state index is 0.129. The topological polar surface area (TPSA) is 49.3 Å². The predicted molar refractivity (Wildman–Crippen MR) is 104 cm³/mol. The Morgan fingerprint density at radius 2 is 1.62 bits per heavy atom. The summed E-state index contributed by atoms with van der Waals surface area (Å²) in [5.41, 5.74) is 2.41. The predicted octanol–water partition coefficient (Wildman–Crippen LogP) is 3.78. The zero-order chi connectivity index (χ0) is 18.4. The first-order valence-corrected chi connectivity index (χ1v) is 8.64. The Morgan fingerprint density at radius 3 is 2.27 bits per heavy atom. The number of hydrogen-bond acceptors (Lipinski definition) is 4. The molecule has 0 fully saturated rings. The van der Waals surface area contributed by atoms with Crippen LogP contribution in [0.15, 0.2) is 72.9 Å². The second-order valence-electron chi connectivity index (χ2n) is 5.97. The zero-order valence-electron chi connectivity index (χ0n) is 15.0. The Labute approximate surface area is 153 Å². The van der Waals surface area contributed by atoms with Gasteiger partial charge in [-0.05, 0) is 30.7 Å². The molecule has 0 unspecified atom stereocenters. The summed E-state index contributed by atoms with van der Waals surface area (Å²) >= 11 is 0. The van der Waals surface area contributed by atoms with Crippen LogP contribution in [0, 0.1) is 0 Å². The highest BCUT2D eigenvalue weighted by molar-refractivity contribution is 6.04. The normalized spacial score (nSPS) is 10.4. The second-order valence-corrected chi connectivity index (χ2v) is 5.97. The van der Waals surface area contributed by atoms with E-state index in [-0.39, 0.29) is 5.91 Å². The molecule has 0 radical (unpaired) electrons. The van der Waals surface area contributed by atoms with Gasteiger partial charge in [0.15, 0.2) is 0 Å². The zero-order valence-corrected chi connectivity index (χ0v) is 15.0. The molecule has 26 heavy (non-hydrogen) atoms. The summed E-state index contributed by atoms with van der Waals surface area (Å²) in [4.78, 5) is 25.4. The molecular weight excluding hydrogens is 324 g/mol. The SMILES string of the molecule is CCN(C(=O)c1ccnc(N(C)Cc2ccccc2)n1)c1ccccc1. The molecule has 132 valence electrons. The molecule has 0 N–H and O–H groups in total. The van der Waals surface area contributed by atoms with Crippen molar-refractivity contribution >= 4 is 17.5 Å². The molecule has 2 aromatic carbocycles. The summed E-state index contributed by atoms with van der Waals surface area (Å²) in [6.45, 7) is 3.20. The van der Waals surface area contributed by atoms with Gasteiger partial charge in [-0.3, -0.25) is 4.79 Å². The molecule has 0 spiro atoms. The van der Waals surface area contributed by atoms with Crippen molar-refractivity contribution < 1.29 is 4.79 Å². The van der Waals surface area contributed by atoms with Crippen molar-refractivity contribution in [2.24, 2.45) is 0 Å². The van der Waals surface area contributed by atoms with E-state index in [9.17, 15) is 4.79 Å². The maximum Gasteiger partial charge on any atom is 0.277 e. The minimum Gasteiger partial charge on any atom is -0.340 e. The highest BCUT2D eigenvalue weighted by atomic mass is 16.2. The number of carbonyl (C=O) groups excluding carboxylic acids is 1. The highest BCUT2D eigenvalue weighted by Gasteiger charge is 2.18. The fourth-order valence-corrected chi connectivity index (χ4v) is 2.77. The van der Waals surface area contributed by atoms with Gasteiger partial charge in [-0.1, -0.05) is 48.5 Å². The van der Waals surface area contributed by atoms with Gasteiger partial charge in [0.05, 0.1) is 0 Å². The fraction of sp³-hybridized carbons (Fsp3) is 0.190. The van der Waals surface area contributed by atoms with Crippen LogP contribution in [0.25, 0.3) is 0 Å². The summed E-state index contributed by atoms with van der Waals surface area (Å²) in [6, 6.07) is 21.4. The smallest absolute Gasteiger partial charge is 0.277 e. The van der Waals surface area contributed by atoms with E-state index in [2.05, 4.69) is 22.1 Å². The van der Waals surface area contributed by atoms with Gasteiger partial charge in [0.25, 0.3) is 5.91 Å². The van der Waals surface area contributed by atoms with Crippen molar-refractivity contribution in [2.45, 2.75) is 13.5 Å². The van der Waals surface area contributed by atoms with Crippen molar-refractivity contribution in [1.29, 1.82) is 0 Å². The maximum absolute atomic E-state index is 12.9. The van der Waals surface area contributed by atoms with Gasteiger partial charge in [-0.25, -0.2) is 9.97 Å². The van der Waals surface area contributed by atoms with Crippen LogP contribution >= 0.6 is 0 Å². The van der Waals surface area contributed by atoms with Crippen LogP contribution in [0.4, 0.5) is 11.6 Å². The molecule has 0 aliphatic rings. The van der Waals surface area contributed by atoms with Crippen LogP contribution in [0.1, 0.15) is 23.0 Å². The number of rotatable bonds is 6. The molecular formula is C21H22N4O. The van der Waals surface area contributed by atoms with Crippen LogP contribution in [-0.2, 0) is 6.54 Å². The summed E-state index contributed by atoms with van der Waals surface area (Å²) in [5, 5.41) is 0. The molecule has 0 aliphatic heterocycles. The lowest BCUT2D eigenvalue weighted by molar-refractivity contribution is 0.0983. The molecule has 0 saturated carbocycles. The third kappa shape index (κ3) is 4.06. The van der Waals surface area contributed by atoms with Crippen molar-refractivity contribution in [3.63, 3.8) is 0 Å². The van der Waals surface area contributed by atoms with Gasteiger partial charge in [-0.15, -0.1) is 0 Å². The summed E-state index contributed by atoms with van der Waals surface area (Å²) in [7, 11) is 1.92. The van der Waals surface area contributed by atoms with Gasteiger partial charge < -0.3 is 9.80 Å². The standard InChI is InChI=1S/C21H22N4O/c1-3-25(18-12-8-5-9-13-18)20(26)19-14-15-22-21(23-19)24(2)16-17-10-6-4-7-11-17/h4-15H,3,16H2,1-2H3. The van der Waals surface area contributed by atoms with E-state index in [1.807, 2.05) is 67.4 Å². The van der Waals surface area contributed by atoms with Gasteiger partial charge >= 0.3 is 0 Å². The van der Waals surface area contributed by atoms with Crippen molar-refractivity contribution in [2.75, 3.05) is 23.4 Å². The van der Waals surface area contributed by atoms with Gasteiger partial charge in [0.1, 0.15) is 5.69 Å². The van der Waals surface area contributed by atoms with Crippen LogP contribution in [0.3, 0.4) is 0 Å².